The summed E-state index contributed by atoms with van der Waals surface area (Å²) in [7, 11) is 0. The summed E-state index contributed by atoms with van der Waals surface area (Å²) in [5.41, 5.74) is 1.33. The number of halogens is 2. The Morgan fingerprint density at radius 2 is 1.59 bits per heavy atom. The molecule has 4 nitrogen and oxygen atoms in total. The van der Waals surface area contributed by atoms with Gasteiger partial charge in [-0.3, -0.25) is 9.59 Å². The van der Waals surface area contributed by atoms with Crippen LogP contribution in [0.4, 0.5) is 10.1 Å². The van der Waals surface area contributed by atoms with Gasteiger partial charge in [-0.15, -0.1) is 0 Å². The highest BCUT2D eigenvalue weighted by molar-refractivity contribution is 6.30. The lowest BCUT2D eigenvalue weighted by Crippen LogP contribution is -2.27. The predicted molar refractivity (Wildman–Crippen MR) is 82.9 cm³/mol. The zero-order valence-corrected chi connectivity index (χ0v) is 12.4. The Bertz CT molecular complexity index is 657. The molecule has 0 unspecified atom stereocenters. The minimum absolute atomic E-state index is 0.243. The number of hydrogen-bond acceptors (Lipinski definition) is 2. The molecular weight excluding hydrogens is 307 g/mol. The van der Waals surface area contributed by atoms with Crippen LogP contribution in [-0.4, -0.2) is 11.8 Å². The van der Waals surface area contributed by atoms with Crippen molar-refractivity contribution in [3.63, 3.8) is 0 Å². The first-order valence-corrected chi connectivity index (χ1v) is 6.97. The van der Waals surface area contributed by atoms with Crippen LogP contribution in [0.15, 0.2) is 48.5 Å². The summed E-state index contributed by atoms with van der Waals surface area (Å²) in [6, 6.07) is 12.4. The average Bonchev–Trinajstić information content (AvgIpc) is 2.49. The van der Waals surface area contributed by atoms with Crippen LogP contribution in [0.25, 0.3) is 0 Å². The van der Waals surface area contributed by atoms with Crippen molar-refractivity contribution in [2.45, 2.75) is 13.0 Å². The van der Waals surface area contributed by atoms with Gasteiger partial charge in [0.05, 0.1) is 0 Å². The van der Waals surface area contributed by atoms with Crippen molar-refractivity contribution < 1.29 is 14.0 Å². The third kappa shape index (κ3) is 5.18. The van der Waals surface area contributed by atoms with E-state index in [2.05, 4.69) is 10.6 Å². The lowest BCUT2D eigenvalue weighted by Gasteiger charge is -2.07. The molecule has 0 saturated heterocycles. The van der Waals surface area contributed by atoms with Crippen molar-refractivity contribution in [3.8, 4) is 0 Å². The second-order valence-corrected chi connectivity index (χ2v) is 5.07. The summed E-state index contributed by atoms with van der Waals surface area (Å²) >= 11 is 5.74. The van der Waals surface area contributed by atoms with Crippen molar-refractivity contribution in [3.05, 3.63) is 64.9 Å². The maximum atomic E-state index is 12.7. The Morgan fingerprint density at radius 1 is 0.955 bits per heavy atom. The molecule has 0 aliphatic carbocycles. The molecule has 0 heterocycles. The Morgan fingerprint density at radius 3 is 2.23 bits per heavy atom. The van der Waals surface area contributed by atoms with E-state index in [-0.39, 0.29) is 18.8 Å². The first kappa shape index (κ1) is 16.0. The summed E-state index contributed by atoms with van der Waals surface area (Å²) in [6.07, 6.45) is -0.288. The normalized spacial score (nSPS) is 10.1. The van der Waals surface area contributed by atoms with Gasteiger partial charge in [0.25, 0.3) is 0 Å². The fraction of sp³-hybridized carbons (Fsp3) is 0.125. The second kappa shape index (κ2) is 7.56. The molecule has 22 heavy (non-hydrogen) atoms. The van der Waals surface area contributed by atoms with Gasteiger partial charge in [-0.05, 0) is 42.0 Å². The van der Waals surface area contributed by atoms with Gasteiger partial charge in [-0.2, -0.15) is 0 Å². The third-order valence-corrected chi connectivity index (χ3v) is 3.10. The standard InChI is InChI=1S/C16H14ClFN2O2/c17-12-3-7-14(8-4-12)20-16(22)9-15(21)19-10-11-1-5-13(18)6-2-11/h1-8H,9-10H2,(H,19,21)(H,20,22). The van der Waals surface area contributed by atoms with Crippen LogP contribution in [0.5, 0.6) is 0 Å². The summed E-state index contributed by atoms with van der Waals surface area (Å²) in [6.45, 7) is 0.243. The molecule has 0 aromatic heterocycles. The minimum Gasteiger partial charge on any atom is -0.352 e. The van der Waals surface area contributed by atoms with E-state index in [9.17, 15) is 14.0 Å². The molecule has 0 radical (unpaired) electrons. The average molecular weight is 321 g/mol. The van der Waals surface area contributed by atoms with Gasteiger partial charge in [0.15, 0.2) is 0 Å². The molecular formula is C16H14ClFN2O2. The quantitative estimate of drug-likeness (QED) is 0.832. The van der Waals surface area contributed by atoms with Crippen molar-refractivity contribution in [1.29, 1.82) is 0 Å². The second-order valence-electron chi connectivity index (χ2n) is 4.64. The molecule has 0 fully saturated rings. The number of carbonyl (C=O) groups is 2. The van der Waals surface area contributed by atoms with Gasteiger partial charge in [-0.1, -0.05) is 23.7 Å². The fourth-order valence-corrected chi connectivity index (χ4v) is 1.88. The van der Waals surface area contributed by atoms with E-state index in [0.717, 1.165) is 5.56 Å². The van der Waals surface area contributed by atoms with E-state index < -0.39 is 11.8 Å². The molecule has 6 heteroatoms. The number of carbonyl (C=O) groups excluding carboxylic acids is 2. The smallest absolute Gasteiger partial charge is 0.233 e. The van der Waals surface area contributed by atoms with Crippen molar-refractivity contribution >= 4 is 29.1 Å². The highest BCUT2D eigenvalue weighted by atomic mass is 35.5. The molecule has 0 spiro atoms. The van der Waals surface area contributed by atoms with E-state index in [1.54, 1.807) is 36.4 Å². The van der Waals surface area contributed by atoms with Crippen LogP contribution in [-0.2, 0) is 16.1 Å². The molecule has 2 aromatic carbocycles. The van der Waals surface area contributed by atoms with Gasteiger partial charge in [0.2, 0.25) is 11.8 Å². The van der Waals surface area contributed by atoms with Gasteiger partial charge in [-0.25, -0.2) is 4.39 Å². The summed E-state index contributed by atoms with van der Waals surface area (Å²) in [5, 5.41) is 5.76. The van der Waals surface area contributed by atoms with E-state index >= 15 is 0 Å². The van der Waals surface area contributed by atoms with E-state index in [4.69, 9.17) is 11.6 Å². The van der Waals surface area contributed by atoms with Gasteiger partial charge in [0, 0.05) is 17.3 Å². The number of nitrogens with one attached hydrogen (secondary N) is 2. The van der Waals surface area contributed by atoms with Crippen LogP contribution in [0.1, 0.15) is 12.0 Å². The summed E-state index contributed by atoms with van der Waals surface area (Å²) in [5.74, 6) is -1.16. The van der Waals surface area contributed by atoms with Crippen LogP contribution in [0, 0.1) is 5.82 Å². The lowest BCUT2D eigenvalue weighted by molar-refractivity contribution is -0.126. The van der Waals surface area contributed by atoms with Gasteiger partial charge in [0.1, 0.15) is 12.2 Å². The maximum Gasteiger partial charge on any atom is 0.233 e. The number of amides is 2. The number of benzene rings is 2. The lowest BCUT2D eigenvalue weighted by atomic mass is 10.2. The molecule has 0 bridgehead atoms. The molecule has 0 aliphatic heterocycles. The zero-order valence-electron chi connectivity index (χ0n) is 11.6. The SMILES string of the molecule is O=C(CC(=O)Nc1ccc(Cl)cc1)NCc1ccc(F)cc1. The summed E-state index contributed by atoms with van der Waals surface area (Å²) in [4.78, 5) is 23.4. The van der Waals surface area contributed by atoms with Gasteiger partial charge >= 0.3 is 0 Å². The third-order valence-electron chi connectivity index (χ3n) is 2.85. The first-order valence-electron chi connectivity index (χ1n) is 6.59. The van der Waals surface area contributed by atoms with Crippen LogP contribution in [0.2, 0.25) is 5.02 Å². The molecule has 2 aromatic rings. The largest absolute Gasteiger partial charge is 0.352 e. The molecule has 114 valence electrons. The molecule has 0 aliphatic rings. The first-order chi connectivity index (χ1) is 10.5. The fourth-order valence-electron chi connectivity index (χ4n) is 1.75. The van der Waals surface area contributed by atoms with Crippen molar-refractivity contribution in [1.82, 2.24) is 5.32 Å². The van der Waals surface area contributed by atoms with Crippen LogP contribution >= 0.6 is 11.6 Å². The Kier molecular flexibility index (Phi) is 5.49. The van der Waals surface area contributed by atoms with Crippen molar-refractivity contribution in [2.24, 2.45) is 0 Å². The van der Waals surface area contributed by atoms with E-state index in [1.807, 2.05) is 0 Å². The highest BCUT2D eigenvalue weighted by Crippen LogP contribution is 2.13. The topological polar surface area (TPSA) is 58.2 Å². The predicted octanol–water partition coefficient (Wildman–Crippen LogP) is 3.12. The Balaban J connectivity index is 1.77. The number of hydrogen-bond donors (Lipinski definition) is 2. The zero-order chi connectivity index (χ0) is 15.9. The molecule has 0 saturated carbocycles. The van der Waals surface area contributed by atoms with Crippen LogP contribution in [0.3, 0.4) is 0 Å². The monoisotopic (exact) mass is 320 g/mol. The Labute approximate surface area is 132 Å². The van der Waals surface area contributed by atoms with Crippen molar-refractivity contribution in [2.75, 3.05) is 5.32 Å². The van der Waals surface area contributed by atoms with E-state index in [0.29, 0.717) is 10.7 Å². The highest BCUT2D eigenvalue weighted by Gasteiger charge is 2.09. The number of anilines is 1. The molecule has 2 rings (SSSR count). The maximum absolute atomic E-state index is 12.7. The minimum atomic E-state index is -0.418. The Hall–Kier alpha value is -2.40. The number of rotatable bonds is 5. The molecule has 2 amide bonds. The molecule has 0 atom stereocenters. The van der Waals surface area contributed by atoms with E-state index in [1.165, 1.54) is 12.1 Å². The van der Waals surface area contributed by atoms with Gasteiger partial charge < -0.3 is 10.6 Å². The summed E-state index contributed by atoms with van der Waals surface area (Å²) < 4.78 is 12.7. The van der Waals surface area contributed by atoms with Crippen LogP contribution < -0.4 is 10.6 Å². The molecule has 2 N–H and O–H groups in total.